The lowest BCUT2D eigenvalue weighted by molar-refractivity contribution is 0.0733. The molecular weight excluding hydrogens is 1020 g/mol. The van der Waals surface area contributed by atoms with E-state index in [2.05, 4.69) is 121 Å². The molecule has 2 aromatic carbocycles. The summed E-state index contributed by atoms with van der Waals surface area (Å²) in [5.74, 6) is 1.25. The van der Waals surface area contributed by atoms with Gasteiger partial charge < -0.3 is 39.8 Å². The van der Waals surface area contributed by atoms with Crippen molar-refractivity contribution in [3.8, 4) is 20.9 Å². The molecule has 13 nitrogen and oxygen atoms in total. The number of carbonyl (C=O) groups is 4. The van der Waals surface area contributed by atoms with Crippen LogP contribution in [0.1, 0.15) is 112 Å². The van der Waals surface area contributed by atoms with Gasteiger partial charge in [-0.1, -0.05) is 90.1 Å². The Bertz CT molecular complexity index is 2410. The monoisotopic (exact) mass is 1110 g/mol. The minimum atomic E-state index is 0. The summed E-state index contributed by atoms with van der Waals surface area (Å²) >= 11 is 3.09. The van der Waals surface area contributed by atoms with Gasteiger partial charge in [-0.3, -0.25) is 14.5 Å². The molecule has 6 amide bonds. The van der Waals surface area contributed by atoms with Crippen LogP contribution < -0.4 is 5.32 Å². The topological polar surface area (TPSA) is 123 Å². The molecule has 4 aliphatic rings. The fraction of sp³-hybridized carbons (Fsp3) is 0.586. The van der Waals surface area contributed by atoms with Crippen LogP contribution in [-0.2, 0) is 12.8 Å². The Hall–Kier alpha value is -4.10. The SMILES string of the molecule is CCc1ccc(-c2ccc(C(=O)N(C)[C@H]3CCN(C(=O)N4CC[C@@H](N(C)[C@@H](C)C(C)C)C4)C3)s2)cc1.CCc1ccc(-c2ccc(C(=O)N(C)[C@H]3CCN(C(=O)N4CC[C@@H](N[C@@H](C)C(C)C)C4)C3)s2)cc1.CO.S.S. The largest absolute Gasteiger partial charge is 0.400 e. The number of aryl methyl sites for hydroxylation is 2. The molecule has 0 radical (unpaired) electrons. The third kappa shape index (κ3) is 16.0. The summed E-state index contributed by atoms with van der Waals surface area (Å²) < 4.78 is 0. The van der Waals surface area contributed by atoms with Crippen LogP contribution in [0, 0.1) is 11.8 Å². The summed E-state index contributed by atoms with van der Waals surface area (Å²) in [7, 11) is 6.94. The number of aliphatic hydroxyl groups excluding tert-OH is 1. The molecule has 2 aromatic heterocycles. The zero-order valence-electron chi connectivity index (χ0n) is 47.0. The Morgan fingerprint density at radius 1 is 0.547 bits per heavy atom. The van der Waals surface area contributed by atoms with E-state index < -0.39 is 0 Å². The van der Waals surface area contributed by atoms with E-state index in [1.807, 2.05) is 67.8 Å². The van der Waals surface area contributed by atoms with Crippen molar-refractivity contribution >= 4 is 73.5 Å². The Labute approximate surface area is 471 Å². The molecule has 0 saturated carbocycles. The molecule has 4 saturated heterocycles. The highest BCUT2D eigenvalue weighted by Gasteiger charge is 2.39. The number of hydrogen-bond donors (Lipinski definition) is 2. The lowest BCUT2D eigenvalue weighted by Crippen LogP contribution is -2.46. The van der Waals surface area contributed by atoms with Gasteiger partial charge in [0.1, 0.15) is 0 Å². The zero-order chi connectivity index (χ0) is 53.1. The summed E-state index contributed by atoms with van der Waals surface area (Å²) in [6.45, 7) is 23.5. The average molecular weight is 1110 g/mol. The molecule has 0 unspecified atom stereocenters. The highest BCUT2D eigenvalue weighted by Crippen LogP contribution is 2.32. The lowest BCUT2D eigenvalue weighted by atomic mass is 10.0. The van der Waals surface area contributed by atoms with Gasteiger partial charge in [0.05, 0.1) is 21.8 Å². The second-order valence-electron chi connectivity index (χ2n) is 21.3. The number of aliphatic hydroxyl groups is 1. The summed E-state index contributed by atoms with van der Waals surface area (Å²) in [6, 6.07) is 27.1. The summed E-state index contributed by atoms with van der Waals surface area (Å²) in [5.41, 5.74) is 4.92. The zero-order valence-corrected chi connectivity index (χ0v) is 50.6. The van der Waals surface area contributed by atoms with Crippen LogP contribution in [-0.4, -0.2) is 180 Å². The van der Waals surface area contributed by atoms with Crippen molar-refractivity contribution in [1.82, 2.24) is 39.6 Å². The van der Waals surface area contributed by atoms with Crippen LogP contribution >= 0.6 is 49.7 Å². The summed E-state index contributed by atoms with van der Waals surface area (Å²) in [6.07, 6.45) is 5.72. The van der Waals surface area contributed by atoms with Crippen molar-refractivity contribution in [3.05, 3.63) is 93.7 Å². The molecule has 17 heteroatoms. The highest BCUT2D eigenvalue weighted by atomic mass is 32.1. The molecule has 416 valence electrons. The van der Waals surface area contributed by atoms with E-state index in [0.717, 1.165) is 102 Å². The van der Waals surface area contributed by atoms with E-state index in [0.29, 0.717) is 62.2 Å². The number of hydrogen-bond acceptors (Lipinski definition) is 9. The number of urea groups is 2. The van der Waals surface area contributed by atoms with Gasteiger partial charge in [-0.15, -0.1) is 22.7 Å². The van der Waals surface area contributed by atoms with Gasteiger partial charge in [0.25, 0.3) is 11.8 Å². The maximum absolute atomic E-state index is 13.3. The number of amides is 6. The van der Waals surface area contributed by atoms with E-state index in [4.69, 9.17) is 5.11 Å². The second-order valence-corrected chi connectivity index (χ2v) is 23.4. The second kappa shape index (κ2) is 29.6. The number of nitrogens with zero attached hydrogens (tertiary/aromatic N) is 7. The minimum Gasteiger partial charge on any atom is -0.400 e. The highest BCUT2D eigenvalue weighted by molar-refractivity contribution is 7.59. The number of carbonyl (C=O) groups excluding carboxylic acids is 4. The molecule has 0 aliphatic carbocycles. The first-order valence-electron chi connectivity index (χ1n) is 26.9. The van der Waals surface area contributed by atoms with Crippen LogP contribution in [0.25, 0.3) is 20.9 Å². The third-order valence-electron chi connectivity index (χ3n) is 16.1. The standard InChI is InChI=1S/C29H42N4O2S.C28H40N4O2S.CH4O.2H2S/c1-7-22-8-10-23(11-9-22)26-12-13-27(36-26)28(34)31(6)25-15-17-33(19-25)29(35)32-16-14-24(18-32)30(5)21(4)20(2)3;1-6-21-7-9-22(10-8-21)25-11-12-26(35-25)27(33)30(5)24-14-16-32(18-24)28(34)31-15-13-23(17-31)29-20(4)19(2)3;1-2;;/h8-13,20-21,24-25H,7,14-19H2,1-6H3;7-12,19-20,23-24,29H,6,13-18H2,1-5H3;2H,1H3;2*1H2/t21-,24+,25-;20-,23+,24-;;;/m00.../s1. The molecule has 4 fully saturated rings. The molecule has 6 atom stereocenters. The summed E-state index contributed by atoms with van der Waals surface area (Å²) in [4.78, 5) is 70.6. The first-order valence-corrected chi connectivity index (χ1v) is 28.5. The molecule has 0 bridgehead atoms. The van der Waals surface area contributed by atoms with Crippen molar-refractivity contribution in [2.75, 3.05) is 80.6 Å². The van der Waals surface area contributed by atoms with Gasteiger partial charge in [0.15, 0.2) is 0 Å². The van der Waals surface area contributed by atoms with E-state index >= 15 is 0 Å². The van der Waals surface area contributed by atoms with Gasteiger partial charge in [0.2, 0.25) is 0 Å². The Balaban J connectivity index is 0.000000306. The van der Waals surface area contributed by atoms with E-state index in [9.17, 15) is 19.2 Å². The first-order chi connectivity index (χ1) is 35.0. The van der Waals surface area contributed by atoms with E-state index in [-0.39, 0.29) is 63.0 Å². The van der Waals surface area contributed by atoms with Crippen molar-refractivity contribution in [2.45, 2.75) is 130 Å². The van der Waals surface area contributed by atoms with Crippen molar-refractivity contribution < 1.29 is 24.3 Å². The Morgan fingerprint density at radius 3 is 1.31 bits per heavy atom. The lowest BCUT2D eigenvalue weighted by Gasteiger charge is -2.33. The summed E-state index contributed by atoms with van der Waals surface area (Å²) in [5, 5.41) is 10.7. The fourth-order valence-corrected chi connectivity index (χ4v) is 12.2. The number of thiophene rings is 2. The predicted octanol–water partition coefficient (Wildman–Crippen LogP) is 10.1. The quantitative estimate of drug-likeness (QED) is 0.129. The number of likely N-dealkylation sites (tertiary alicyclic amines) is 4. The maximum Gasteiger partial charge on any atom is 0.320 e. The minimum absolute atomic E-state index is 0. The average Bonchev–Trinajstić information content (AvgIpc) is 4.28. The van der Waals surface area contributed by atoms with Crippen molar-refractivity contribution in [3.63, 3.8) is 0 Å². The number of likely N-dealkylation sites (N-methyl/N-ethyl adjacent to an activating group) is 3. The Kier molecular flexibility index (Phi) is 25.0. The van der Waals surface area contributed by atoms with E-state index in [1.165, 1.54) is 11.1 Å². The molecule has 2 N–H and O–H groups in total. The Morgan fingerprint density at radius 2 is 0.920 bits per heavy atom. The van der Waals surface area contributed by atoms with Crippen LogP contribution in [0.2, 0.25) is 0 Å². The number of rotatable bonds is 14. The molecule has 4 aliphatic heterocycles. The first kappa shape index (κ1) is 63.4. The molecule has 4 aromatic rings. The van der Waals surface area contributed by atoms with Gasteiger partial charge in [-0.2, -0.15) is 27.0 Å². The smallest absolute Gasteiger partial charge is 0.320 e. The van der Waals surface area contributed by atoms with Gasteiger partial charge in [-0.05, 0) is 118 Å². The maximum atomic E-state index is 13.3. The fourth-order valence-electron chi connectivity index (χ4n) is 10.3. The van der Waals surface area contributed by atoms with Gasteiger partial charge in [-0.25, -0.2) is 9.59 Å². The predicted molar refractivity (Wildman–Crippen MR) is 322 cm³/mol. The van der Waals surface area contributed by atoms with Crippen molar-refractivity contribution in [1.29, 1.82) is 0 Å². The van der Waals surface area contributed by atoms with Gasteiger partial charge in [0, 0.05) is 107 Å². The van der Waals surface area contributed by atoms with Crippen LogP contribution in [0.15, 0.2) is 72.8 Å². The molecule has 8 rings (SSSR count). The molecular formula is C58H90N8O5S4. The normalized spacial score (nSPS) is 20.0. The molecule has 0 spiro atoms. The van der Waals surface area contributed by atoms with E-state index in [1.54, 1.807) is 22.7 Å². The third-order valence-corrected chi connectivity index (χ3v) is 18.3. The number of nitrogens with one attached hydrogen (secondary N) is 1. The van der Waals surface area contributed by atoms with Gasteiger partial charge >= 0.3 is 12.1 Å². The van der Waals surface area contributed by atoms with Crippen molar-refractivity contribution in [2.24, 2.45) is 11.8 Å². The van der Waals surface area contributed by atoms with Crippen LogP contribution in [0.4, 0.5) is 9.59 Å². The van der Waals surface area contributed by atoms with Crippen LogP contribution in [0.5, 0.6) is 0 Å². The molecule has 6 heterocycles. The molecule has 75 heavy (non-hydrogen) atoms. The number of benzene rings is 2. The van der Waals surface area contributed by atoms with Crippen LogP contribution in [0.3, 0.4) is 0 Å².